The summed E-state index contributed by atoms with van der Waals surface area (Å²) in [4.78, 5) is 11.6. The van der Waals surface area contributed by atoms with Gasteiger partial charge in [-0.25, -0.2) is 0 Å². The predicted octanol–water partition coefficient (Wildman–Crippen LogP) is 1.34. The number of Topliss-reactive ketones (excluding diaryl/α,β-unsaturated/α-hetero) is 1. The molecule has 1 aromatic carbocycles. The van der Waals surface area contributed by atoms with Crippen LogP contribution < -0.4 is 5.32 Å². The van der Waals surface area contributed by atoms with Crippen LogP contribution in [0.25, 0.3) is 0 Å². The van der Waals surface area contributed by atoms with Crippen molar-refractivity contribution in [3.05, 3.63) is 35.4 Å². The molecule has 0 bridgehead atoms. The lowest BCUT2D eigenvalue weighted by Crippen LogP contribution is -2.27. The predicted molar refractivity (Wildman–Crippen MR) is 64.6 cm³/mol. The second-order valence-corrected chi connectivity index (χ2v) is 3.87. The maximum atomic E-state index is 11.6. The van der Waals surface area contributed by atoms with Gasteiger partial charge in [0.1, 0.15) is 0 Å². The molecule has 0 fully saturated rings. The first kappa shape index (κ1) is 12.9. The largest absolute Gasteiger partial charge is 0.383 e. The van der Waals surface area contributed by atoms with Crippen molar-refractivity contribution in [3.8, 4) is 0 Å². The molecule has 0 saturated carbocycles. The Morgan fingerprint density at radius 1 is 1.31 bits per heavy atom. The third-order valence-corrected chi connectivity index (χ3v) is 2.33. The molecule has 88 valence electrons. The minimum atomic E-state index is 0.208. The topological polar surface area (TPSA) is 38.3 Å². The van der Waals surface area contributed by atoms with Crippen LogP contribution in [0.2, 0.25) is 0 Å². The summed E-state index contributed by atoms with van der Waals surface area (Å²) in [5.41, 5.74) is 2.29. The van der Waals surface area contributed by atoms with E-state index in [1.165, 1.54) is 5.56 Å². The monoisotopic (exact) mass is 221 g/mol. The van der Waals surface area contributed by atoms with Crippen LogP contribution >= 0.6 is 0 Å². The van der Waals surface area contributed by atoms with Gasteiger partial charge in [-0.3, -0.25) is 4.79 Å². The van der Waals surface area contributed by atoms with Crippen molar-refractivity contribution < 1.29 is 9.53 Å². The zero-order valence-corrected chi connectivity index (χ0v) is 9.95. The van der Waals surface area contributed by atoms with E-state index in [-0.39, 0.29) is 5.78 Å². The van der Waals surface area contributed by atoms with Crippen molar-refractivity contribution in [2.24, 2.45) is 0 Å². The van der Waals surface area contributed by atoms with Crippen LogP contribution in [-0.2, 0) is 16.0 Å². The fourth-order valence-corrected chi connectivity index (χ4v) is 1.40. The van der Waals surface area contributed by atoms with Crippen molar-refractivity contribution in [1.29, 1.82) is 0 Å². The highest BCUT2D eigenvalue weighted by Gasteiger charge is 2.02. The van der Waals surface area contributed by atoms with Gasteiger partial charge in [-0.05, 0) is 12.5 Å². The number of nitrogens with one attached hydrogen (secondary N) is 1. The van der Waals surface area contributed by atoms with E-state index in [1.54, 1.807) is 7.11 Å². The maximum Gasteiger partial charge on any atom is 0.150 e. The summed E-state index contributed by atoms with van der Waals surface area (Å²) in [7, 11) is 1.65. The van der Waals surface area contributed by atoms with Crippen LogP contribution in [0.5, 0.6) is 0 Å². The third-order valence-electron chi connectivity index (χ3n) is 2.33. The summed E-state index contributed by atoms with van der Waals surface area (Å²) in [5.74, 6) is 0.208. The van der Waals surface area contributed by atoms with E-state index >= 15 is 0 Å². The summed E-state index contributed by atoms with van der Waals surface area (Å²) in [5, 5.41) is 3.04. The van der Waals surface area contributed by atoms with Gasteiger partial charge in [0.15, 0.2) is 5.78 Å². The first-order valence-corrected chi connectivity index (χ1v) is 5.49. The number of methoxy groups -OCH3 is 1. The molecule has 3 heteroatoms. The van der Waals surface area contributed by atoms with Gasteiger partial charge in [0.25, 0.3) is 0 Å². The van der Waals surface area contributed by atoms with Crippen molar-refractivity contribution in [2.45, 2.75) is 13.3 Å². The molecule has 0 unspecified atom stereocenters. The van der Waals surface area contributed by atoms with Crippen LogP contribution in [0.15, 0.2) is 24.3 Å². The number of ether oxygens (including phenoxy) is 1. The molecule has 0 aliphatic rings. The molecule has 0 atom stereocenters. The van der Waals surface area contributed by atoms with E-state index in [4.69, 9.17) is 4.74 Å². The quantitative estimate of drug-likeness (QED) is 0.706. The number of hydrogen-bond acceptors (Lipinski definition) is 3. The van der Waals surface area contributed by atoms with E-state index in [2.05, 4.69) is 5.32 Å². The Balaban J connectivity index is 2.26. The fraction of sp³-hybridized carbons (Fsp3) is 0.462. The average molecular weight is 221 g/mol. The van der Waals surface area contributed by atoms with Gasteiger partial charge in [0, 0.05) is 20.1 Å². The molecule has 1 N–H and O–H groups in total. The lowest BCUT2D eigenvalue weighted by molar-refractivity contribution is -0.117. The first-order valence-electron chi connectivity index (χ1n) is 5.49. The van der Waals surface area contributed by atoms with Crippen molar-refractivity contribution in [1.82, 2.24) is 5.32 Å². The highest BCUT2D eigenvalue weighted by Crippen LogP contribution is 2.03. The van der Waals surface area contributed by atoms with Gasteiger partial charge in [0.05, 0.1) is 13.2 Å². The number of ketones is 1. The molecule has 0 aliphatic carbocycles. The zero-order valence-electron chi connectivity index (χ0n) is 9.95. The Morgan fingerprint density at radius 3 is 2.62 bits per heavy atom. The first-order chi connectivity index (χ1) is 7.72. The average Bonchev–Trinajstić information content (AvgIpc) is 2.28. The van der Waals surface area contributed by atoms with Crippen LogP contribution in [-0.4, -0.2) is 32.6 Å². The third kappa shape index (κ3) is 5.05. The molecule has 3 nitrogen and oxygen atoms in total. The standard InChI is InChI=1S/C13H19NO2/c1-11-3-5-12(6-4-11)9-13(15)10-14-7-8-16-2/h3-6,14H,7-10H2,1-2H3. The molecule has 0 radical (unpaired) electrons. The van der Waals surface area contributed by atoms with Gasteiger partial charge in [-0.1, -0.05) is 29.8 Å². The molecule has 0 spiro atoms. The highest BCUT2D eigenvalue weighted by atomic mass is 16.5. The molecule has 0 aromatic heterocycles. The van der Waals surface area contributed by atoms with E-state index in [9.17, 15) is 4.79 Å². The number of carbonyl (C=O) groups excluding carboxylic acids is 1. The smallest absolute Gasteiger partial charge is 0.150 e. The van der Waals surface area contributed by atoms with Crippen molar-refractivity contribution in [3.63, 3.8) is 0 Å². The van der Waals surface area contributed by atoms with Gasteiger partial charge >= 0.3 is 0 Å². The van der Waals surface area contributed by atoms with E-state index in [0.717, 1.165) is 12.1 Å². The van der Waals surface area contributed by atoms with Gasteiger partial charge in [-0.2, -0.15) is 0 Å². The second kappa shape index (κ2) is 7.14. The van der Waals surface area contributed by atoms with E-state index in [1.807, 2.05) is 31.2 Å². The molecular weight excluding hydrogens is 202 g/mol. The Bertz CT molecular complexity index is 319. The highest BCUT2D eigenvalue weighted by molar-refractivity contribution is 5.82. The molecule has 0 heterocycles. The molecule has 0 aliphatic heterocycles. The summed E-state index contributed by atoms with van der Waals surface area (Å²) in [6.45, 7) is 3.81. The number of aryl methyl sites for hydroxylation is 1. The summed E-state index contributed by atoms with van der Waals surface area (Å²) in [6.07, 6.45) is 0.500. The van der Waals surface area contributed by atoms with E-state index < -0.39 is 0 Å². The molecule has 16 heavy (non-hydrogen) atoms. The minimum Gasteiger partial charge on any atom is -0.383 e. The lowest BCUT2D eigenvalue weighted by atomic mass is 10.1. The van der Waals surface area contributed by atoms with Gasteiger partial charge in [-0.15, -0.1) is 0 Å². The number of rotatable bonds is 7. The van der Waals surface area contributed by atoms with Crippen LogP contribution in [0.4, 0.5) is 0 Å². The van der Waals surface area contributed by atoms with Crippen LogP contribution in [0.3, 0.4) is 0 Å². The second-order valence-electron chi connectivity index (χ2n) is 3.87. The minimum absolute atomic E-state index is 0.208. The zero-order chi connectivity index (χ0) is 11.8. The number of benzene rings is 1. The SMILES string of the molecule is COCCNCC(=O)Cc1ccc(C)cc1. The summed E-state index contributed by atoms with van der Waals surface area (Å²) < 4.78 is 4.88. The summed E-state index contributed by atoms with van der Waals surface area (Å²) >= 11 is 0. The van der Waals surface area contributed by atoms with Crippen LogP contribution in [0.1, 0.15) is 11.1 Å². The Labute approximate surface area is 96.8 Å². The fourth-order valence-electron chi connectivity index (χ4n) is 1.40. The van der Waals surface area contributed by atoms with Crippen molar-refractivity contribution in [2.75, 3.05) is 26.8 Å². The van der Waals surface area contributed by atoms with Gasteiger partial charge in [0.2, 0.25) is 0 Å². The summed E-state index contributed by atoms with van der Waals surface area (Å²) in [6, 6.07) is 8.06. The normalized spacial score (nSPS) is 10.4. The molecular formula is C13H19NO2. The maximum absolute atomic E-state index is 11.6. The molecule has 0 saturated heterocycles. The Morgan fingerprint density at radius 2 is 2.00 bits per heavy atom. The lowest BCUT2D eigenvalue weighted by Gasteiger charge is -2.04. The molecule has 1 rings (SSSR count). The molecule has 1 aromatic rings. The number of carbonyl (C=O) groups is 1. The van der Waals surface area contributed by atoms with E-state index in [0.29, 0.717) is 19.6 Å². The Hall–Kier alpha value is -1.19. The van der Waals surface area contributed by atoms with Gasteiger partial charge < -0.3 is 10.1 Å². The van der Waals surface area contributed by atoms with Crippen LogP contribution in [0, 0.1) is 6.92 Å². The number of hydrogen-bond donors (Lipinski definition) is 1. The van der Waals surface area contributed by atoms with Crippen molar-refractivity contribution >= 4 is 5.78 Å². The molecule has 0 amide bonds. The Kier molecular flexibility index (Phi) is 5.75.